The summed E-state index contributed by atoms with van der Waals surface area (Å²) >= 11 is 4.94. The Labute approximate surface area is 156 Å². The van der Waals surface area contributed by atoms with Crippen LogP contribution in [0.15, 0.2) is 57.5 Å². The molecule has 7 heteroatoms. The lowest BCUT2D eigenvalue weighted by atomic mass is 10.1. The number of H-pyrrole nitrogens is 1. The quantitative estimate of drug-likeness (QED) is 0.536. The van der Waals surface area contributed by atoms with E-state index in [2.05, 4.69) is 15.3 Å². The standard InChI is InChI=1S/C19H19N5OS/c1-11-9-12(2)15(13(3)10-11)21-22-17-16(14-7-5-4-6-8-14)23-24(18(17)25)19(20)26/h4-10,23H,1-3H3,(H2,20,26). The number of nitrogens with zero attached hydrogens (tertiary/aromatic N) is 3. The second kappa shape index (κ2) is 7.05. The van der Waals surface area contributed by atoms with Crippen molar-refractivity contribution in [1.82, 2.24) is 9.78 Å². The molecule has 6 nitrogen and oxygen atoms in total. The molecule has 0 saturated heterocycles. The first-order valence-corrected chi connectivity index (χ1v) is 8.49. The van der Waals surface area contributed by atoms with E-state index >= 15 is 0 Å². The summed E-state index contributed by atoms with van der Waals surface area (Å²) in [6.07, 6.45) is 0. The SMILES string of the molecule is Cc1cc(C)c(N=Nc2c(-c3ccccc3)[nH]n(C(N)=S)c2=O)c(C)c1. The maximum atomic E-state index is 12.7. The highest BCUT2D eigenvalue weighted by atomic mass is 32.1. The molecule has 1 aromatic heterocycles. The summed E-state index contributed by atoms with van der Waals surface area (Å²) in [7, 11) is 0. The predicted octanol–water partition coefficient (Wildman–Crippen LogP) is 4.28. The summed E-state index contributed by atoms with van der Waals surface area (Å²) < 4.78 is 1.10. The molecule has 0 fully saturated rings. The van der Waals surface area contributed by atoms with Crippen LogP contribution < -0.4 is 11.3 Å². The minimum Gasteiger partial charge on any atom is -0.374 e. The molecule has 1 heterocycles. The van der Waals surface area contributed by atoms with Gasteiger partial charge in [-0.1, -0.05) is 48.0 Å². The Morgan fingerprint density at radius 1 is 1.04 bits per heavy atom. The summed E-state index contributed by atoms with van der Waals surface area (Å²) in [6, 6.07) is 13.5. The van der Waals surface area contributed by atoms with Crippen molar-refractivity contribution in [1.29, 1.82) is 0 Å². The van der Waals surface area contributed by atoms with Crippen molar-refractivity contribution in [3.63, 3.8) is 0 Å². The van der Waals surface area contributed by atoms with Gasteiger partial charge in [-0.25, -0.2) is 0 Å². The molecule has 0 aliphatic carbocycles. The second-order valence-corrected chi connectivity index (χ2v) is 6.55. The predicted molar refractivity (Wildman–Crippen MR) is 108 cm³/mol. The van der Waals surface area contributed by atoms with Gasteiger partial charge in [0.25, 0.3) is 0 Å². The Kier molecular flexibility index (Phi) is 4.81. The zero-order valence-corrected chi connectivity index (χ0v) is 15.6. The molecule has 0 aliphatic heterocycles. The van der Waals surface area contributed by atoms with Crippen molar-refractivity contribution < 1.29 is 0 Å². The van der Waals surface area contributed by atoms with Crippen LogP contribution in [-0.4, -0.2) is 14.9 Å². The van der Waals surface area contributed by atoms with Crippen LogP contribution in [0.5, 0.6) is 0 Å². The zero-order valence-electron chi connectivity index (χ0n) is 14.8. The molecule has 0 aliphatic rings. The van der Waals surface area contributed by atoms with Crippen LogP contribution in [-0.2, 0) is 0 Å². The van der Waals surface area contributed by atoms with Gasteiger partial charge < -0.3 is 5.73 Å². The topological polar surface area (TPSA) is 88.5 Å². The number of nitrogens with two attached hydrogens (primary N) is 1. The Morgan fingerprint density at radius 2 is 1.62 bits per heavy atom. The first kappa shape index (κ1) is 17.8. The number of benzene rings is 2. The number of nitrogens with one attached hydrogen (secondary N) is 1. The van der Waals surface area contributed by atoms with E-state index in [0.29, 0.717) is 5.69 Å². The molecule has 132 valence electrons. The third-order valence-corrected chi connectivity index (χ3v) is 4.22. The van der Waals surface area contributed by atoms with Crippen LogP contribution >= 0.6 is 12.2 Å². The van der Waals surface area contributed by atoms with Crippen molar-refractivity contribution in [2.75, 3.05) is 0 Å². The molecule has 26 heavy (non-hydrogen) atoms. The van der Waals surface area contributed by atoms with E-state index in [0.717, 1.165) is 32.6 Å². The summed E-state index contributed by atoms with van der Waals surface area (Å²) in [5.41, 5.74) is 10.6. The molecule has 0 saturated carbocycles. The fourth-order valence-electron chi connectivity index (χ4n) is 2.91. The van der Waals surface area contributed by atoms with Crippen LogP contribution in [0.3, 0.4) is 0 Å². The number of hydrogen-bond donors (Lipinski definition) is 2. The molecule has 0 atom stereocenters. The lowest BCUT2D eigenvalue weighted by molar-refractivity contribution is 0.910. The highest BCUT2D eigenvalue weighted by Gasteiger charge is 2.17. The normalized spacial score (nSPS) is 11.2. The average Bonchev–Trinajstić information content (AvgIpc) is 2.92. The second-order valence-electron chi connectivity index (χ2n) is 6.13. The van der Waals surface area contributed by atoms with E-state index < -0.39 is 5.56 Å². The lowest BCUT2D eigenvalue weighted by Crippen LogP contribution is -2.29. The van der Waals surface area contributed by atoms with Crippen LogP contribution in [0.1, 0.15) is 16.7 Å². The summed E-state index contributed by atoms with van der Waals surface area (Å²) in [6.45, 7) is 5.97. The fraction of sp³-hybridized carbons (Fsp3) is 0.158. The molecule has 0 spiro atoms. The molecular formula is C19H19N5OS. The maximum absolute atomic E-state index is 12.7. The number of azo groups is 1. The molecule has 0 unspecified atom stereocenters. The van der Waals surface area contributed by atoms with E-state index in [-0.39, 0.29) is 10.8 Å². The Bertz CT molecular complexity index is 1040. The van der Waals surface area contributed by atoms with Crippen LogP contribution in [0.2, 0.25) is 0 Å². The minimum atomic E-state index is -0.428. The molecule has 0 radical (unpaired) electrons. The number of hydrogen-bond acceptors (Lipinski definition) is 4. The summed E-state index contributed by atoms with van der Waals surface area (Å²) in [4.78, 5) is 12.7. The lowest BCUT2D eigenvalue weighted by Gasteiger charge is -2.05. The third kappa shape index (κ3) is 3.34. The van der Waals surface area contributed by atoms with E-state index in [1.165, 1.54) is 0 Å². The van der Waals surface area contributed by atoms with Gasteiger partial charge in [-0.15, -0.1) is 10.2 Å². The average molecular weight is 365 g/mol. The molecule has 2 aromatic carbocycles. The molecule has 0 amide bonds. The van der Waals surface area contributed by atoms with Gasteiger partial charge in [0.1, 0.15) is 0 Å². The van der Waals surface area contributed by atoms with Gasteiger partial charge in [-0.3, -0.25) is 9.89 Å². The highest BCUT2D eigenvalue weighted by molar-refractivity contribution is 7.80. The molecule has 3 N–H and O–H groups in total. The van der Waals surface area contributed by atoms with Gasteiger partial charge in [0.15, 0.2) is 10.8 Å². The smallest absolute Gasteiger partial charge is 0.301 e. The minimum absolute atomic E-state index is 0.0728. The third-order valence-electron chi connectivity index (χ3n) is 4.03. The van der Waals surface area contributed by atoms with Crippen LogP contribution in [0.4, 0.5) is 11.4 Å². The van der Waals surface area contributed by atoms with E-state index in [1.54, 1.807) is 0 Å². The number of aromatic amines is 1. The van der Waals surface area contributed by atoms with E-state index in [4.69, 9.17) is 18.0 Å². The zero-order chi connectivity index (χ0) is 18.8. The number of rotatable bonds is 3. The first-order chi connectivity index (χ1) is 12.4. The summed E-state index contributed by atoms with van der Waals surface area (Å²) in [5.74, 6) is 0. The van der Waals surface area contributed by atoms with Crippen molar-refractivity contribution in [2.45, 2.75) is 20.8 Å². The number of aromatic nitrogens is 2. The van der Waals surface area contributed by atoms with Crippen LogP contribution in [0, 0.1) is 20.8 Å². The fourth-order valence-corrected chi connectivity index (χ4v) is 3.04. The van der Waals surface area contributed by atoms with Crippen molar-refractivity contribution in [2.24, 2.45) is 16.0 Å². The first-order valence-electron chi connectivity index (χ1n) is 8.08. The van der Waals surface area contributed by atoms with Gasteiger partial charge in [0, 0.05) is 5.56 Å². The van der Waals surface area contributed by atoms with Gasteiger partial charge in [-0.05, 0) is 44.1 Å². The Balaban J connectivity index is 2.16. The highest BCUT2D eigenvalue weighted by Crippen LogP contribution is 2.30. The summed E-state index contributed by atoms with van der Waals surface area (Å²) in [5, 5.41) is 11.4. The Morgan fingerprint density at radius 3 is 2.19 bits per heavy atom. The number of thiocarbonyl (C=S) groups is 1. The Hall–Kier alpha value is -3.06. The van der Waals surface area contributed by atoms with E-state index in [9.17, 15) is 4.79 Å². The largest absolute Gasteiger partial charge is 0.374 e. The number of aryl methyl sites for hydroxylation is 3. The van der Waals surface area contributed by atoms with Gasteiger partial charge >= 0.3 is 5.56 Å². The molecule has 3 rings (SSSR count). The molecule has 0 bridgehead atoms. The van der Waals surface area contributed by atoms with Gasteiger partial charge in [0.2, 0.25) is 0 Å². The monoisotopic (exact) mass is 365 g/mol. The van der Waals surface area contributed by atoms with Crippen molar-refractivity contribution in [3.05, 3.63) is 69.5 Å². The maximum Gasteiger partial charge on any atom is 0.301 e. The van der Waals surface area contributed by atoms with Gasteiger partial charge in [-0.2, -0.15) is 4.68 Å². The van der Waals surface area contributed by atoms with Gasteiger partial charge in [0.05, 0.1) is 11.4 Å². The molecule has 3 aromatic rings. The van der Waals surface area contributed by atoms with Crippen molar-refractivity contribution >= 4 is 28.7 Å². The van der Waals surface area contributed by atoms with Crippen molar-refractivity contribution in [3.8, 4) is 11.3 Å². The van der Waals surface area contributed by atoms with E-state index in [1.807, 2.05) is 63.2 Å². The molecular weight excluding hydrogens is 346 g/mol. The van der Waals surface area contributed by atoms with Crippen LogP contribution in [0.25, 0.3) is 11.3 Å².